The van der Waals surface area contributed by atoms with Gasteiger partial charge in [-0.3, -0.25) is 4.79 Å². The van der Waals surface area contributed by atoms with Crippen molar-refractivity contribution in [1.29, 1.82) is 0 Å². The Morgan fingerprint density at radius 1 is 1.13 bits per heavy atom. The maximum Gasteiger partial charge on any atom is 0.141 e. The van der Waals surface area contributed by atoms with Crippen molar-refractivity contribution < 1.29 is 33.3 Å². The van der Waals surface area contributed by atoms with E-state index in [0.717, 1.165) is 30.3 Å². The molecule has 0 bridgehead atoms. The second-order valence-electron chi connectivity index (χ2n) is 5.57. The van der Waals surface area contributed by atoms with Gasteiger partial charge in [-0.15, -0.1) is 0 Å². The highest BCUT2D eigenvalue weighted by Crippen LogP contribution is 2.25. The molecule has 2 nitrogen and oxygen atoms in total. The predicted octanol–water partition coefficient (Wildman–Crippen LogP) is -0.764. The highest BCUT2D eigenvalue weighted by molar-refractivity contribution is 5.81. The highest BCUT2D eigenvalue weighted by atomic mass is 127. The minimum atomic E-state index is 0. The summed E-state index contributed by atoms with van der Waals surface area (Å²) in [6.07, 6.45) is 6.93. The Bertz CT molecular complexity index is 192. The molecule has 0 aromatic heterocycles. The maximum atomic E-state index is 11.8. The van der Waals surface area contributed by atoms with Gasteiger partial charge in [0.1, 0.15) is 5.78 Å². The first kappa shape index (κ1) is 15.4. The first-order chi connectivity index (χ1) is 6.49. The quantitative estimate of drug-likeness (QED) is 0.490. The average molecular weight is 325 g/mol. The Morgan fingerprint density at radius 3 is 2.13 bits per heavy atom. The molecule has 1 aliphatic rings. The number of nitrogens with zero attached hydrogens (tertiary/aromatic N) is 1. The van der Waals surface area contributed by atoms with E-state index in [9.17, 15) is 4.79 Å². The molecule has 0 saturated heterocycles. The maximum absolute atomic E-state index is 11.8. The monoisotopic (exact) mass is 325 g/mol. The molecular weight excluding hydrogens is 301 g/mol. The average Bonchev–Trinajstić information content (AvgIpc) is 2.14. The van der Waals surface area contributed by atoms with Crippen molar-refractivity contribution in [3.8, 4) is 0 Å². The van der Waals surface area contributed by atoms with Gasteiger partial charge in [0, 0.05) is 5.92 Å². The zero-order valence-electron chi connectivity index (χ0n) is 10.3. The Labute approximate surface area is 111 Å². The van der Waals surface area contributed by atoms with Crippen LogP contribution in [0.5, 0.6) is 0 Å². The van der Waals surface area contributed by atoms with Crippen LogP contribution < -0.4 is 24.0 Å². The minimum Gasteiger partial charge on any atom is -1.00 e. The molecule has 90 valence electrons. The Morgan fingerprint density at radius 2 is 1.67 bits per heavy atom. The van der Waals surface area contributed by atoms with E-state index < -0.39 is 0 Å². The topological polar surface area (TPSA) is 17.1 Å². The molecule has 0 aliphatic heterocycles. The molecule has 1 aliphatic carbocycles. The van der Waals surface area contributed by atoms with Gasteiger partial charge in [-0.2, -0.15) is 0 Å². The summed E-state index contributed by atoms with van der Waals surface area (Å²) in [5, 5.41) is 0. The molecule has 1 fully saturated rings. The lowest BCUT2D eigenvalue weighted by Crippen LogP contribution is -3.00. The number of quaternary nitrogens is 1. The summed E-state index contributed by atoms with van der Waals surface area (Å²) in [7, 11) is 6.44. The van der Waals surface area contributed by atoms with Gasteiger partial charge < -0.3 is 28.5 Å². The molecule has 0 radical (unpaired) electrons. The van der Waals surface area contributed by atoms with E-state index in [0.29, 0.717) is 11.7 Å². The number of carbonyl (C=O) groups is 1. The van der Waals surface area contributed by atoms with Crippen LogP contribution in [0.4, 0.5) is 0 Å². The van der Waals surface area contributed by atoms with Crippen LogP contribution in [0.2, 0.25) is 0 Å². The minimum absolute atomic E-state index is 0. The van der Waals surface area contributed by atoms with Crippen molar-refractivity contribution in [2.75, 3.05) is 27.7 Å². The molecule has 0 spiro atoms. The summed E-state index contributed by atoms with van der Waals surface area (Å²) >= 11 is 0. The third-order valence-electron chi connectivity index (χ3n) is 3.09. The van der Waals surface area contributed by atoms with Crippen LogP contribution in [0.15, 0.2) is 0 Å². The van der Waals surface area contributed by atoms with E-state index in [1.54, 1.807) is 0 Å². The lowest BCUT2D eigenvalue weighted by atomic mass is 9.85. The number of halogens is 1. The molecule has 0 unspecified atom stereocenters. The number of hydrogen-bond donors (Lipinski definition) is 0. The fourth-order valence-electron chi connectivity index (χ4n) is 2.07. The molecule has 0 aromatic carbocycles. The van der Waals surface area contributed by atoms with Crippen molar-refractivity contribution in [2.45, 2.75) is 38.5 Å². The molecule has 0 N–H and O–H groups in total. The van der Waals surface area contributed by atoms with Crippen LogP contribution in [0, 0.1) is 5.92 Å². The van der Waals surface area contributed by atoms with Gasteiger partial charge in [-0.25, -0.2) is 0 Å². The van der Waals surface area contributed by atoms with E-state index in [2.05, 4.69) is 21.1 Å². The van der Waals surface area contributed by atoms with Crippen LogP contribution in [0.25, 0.3) is 0 Å². The largest absolute Gasteiger partial charge is 1.00 e. The standard InChI is InChI=1S/C12H24NO.HI/c1-13(2,3)10-9-12(14)11-7-5-4-6-8-11;/h11H,4-10H2,1-3H3;1H/q+1;/p-1. The summed E-state index contributed by atoms with van der Waals surface area (Å²) in [5.74, 6) is 0.910. The lowest BCUT2D eigenvalue weighted by molar-refractivity contribution is -0.869. The molecule has 1 rings (SSSR count). The third-order valence-corrected chi connectivity index (χ3v) is 3.09. The molecule has 15 heavy (non-hydrogen) atoms. The van der Waals surface area contributed by atoms with Crippen LogP contribution in [-0.4, -0.2) is 38.0 Å². The van der Waals surface area contributed by atoms with Crippen LogP contribution >= 0.6 is 0 Å². The van der Waals surface area contributed by atoms with Crippen molar-refractivity contribution in [1.82, 2.24) is 0 Å². The first-order valence-corrected chi connectivity index (χ1v) is 5.82. The summed E-state index contributed by atoms with van der Waals surface area (Å²) in [6, 6.07) is 0. The number of rotatable bonds is 4. The number of hydrogen-bond acceptors (Lipinski definition) is 1. The third kappa shape index (κ3) is 6.51. The summed E-state index contributed by atoms with van der Waals surface area (Å²) < 4.78 is 0.901. The zero-order chi connectivity index (χ0) is 10.6. The second kappa shape index (κ2) is 6.84. The Hall–Kier alpha value is 0.360. The zero-order valence-corrected chi connectivity index (χ0v) is 12.4. The van der Waals surface area contributed by atoms with Crippen molar-refractivity contribution in [3.05, 3.63) is 0 Å². The van der Waals surface area contributed by atoms with Crippen LogP contribution in [0.3, 0.4) is 0 Å². The SMILES string of the molecule is C[N+](C)(C)CCC(=O)C1CCCCC1.[I-]. The molecule has 3 heteroatoms. The number of Topliss-reactive ketones (excluding diaryl/α,β-unsaturated/α-hetero) is 1. The van der Waals surface area contributed by atoms with Gasteiger partial charge >= 0.3 is 0 Å². The Kier molecular flexibility index (Phi) is 7.00. The second-order valence-corrected chi connectivity index (χ2v) is 5.57. The van der Waals surface area contributed by atoms with E-state index >= 15 is 0 Å². The fourth-order valence-corrected chi connectivity index (χ4v) is 2.07. The van der Waals surface area contributed by atoms with E-state index in [1.807, 2.05) is 0 Å². The van der Waals surface area contributed by atoms with Gasteiger partial charge in [0.2, 0.25) is 0 Å². The van der Waals surface area contributed by atoms with E-state index in [-0.39, 0.29) is 24.0 Å². The Balaban J connectivity index is 0.00000196. The van der Waals surface area contributed by atoms with Crippen molar-refractivity contribution >= 4 is 5.78 Å². The molecule has 0 atom stereocenters. The first-order valence-electron chi connectivity index (χ1n) is 5.82. The number of ketones is 1. The summed E-state index contributed by atoms with van der Waals surface area (Å²) in [6.45, 7) is 0.981. The summed E-state index contributed by atoms with van der Waals surface area (Å²) in [5.41, 5.74) is 0. The normalized spacial score (nSPS) is 18.3. The molecule has 1 saturated carbocycles. The molecule has 0 heterocycles. The molecular formula is C12H24INO. The predicted molar refractivity (Wildman–Crippen MR) is 59.1 cm³/mol. The summed E-state index contributed by atoms with van der Waals surface area (Å²) in [4.78, 5) is 11.8. The molecule has 0 amide bonds. The van der Waals surface area contributed by atoms with Crippen molar-refractivity contribution in [3.63, 3.8) is 0 Å². The number of carbonyl (C=O) groups excluding carboxylic acids is 1. The van der Waals surface area contributed by atoms with Crippen molar-refractivity contribution in [2.24, 2.45) is 5.92 Å². The van der Waals surface area contributed by atoms with Gasteiger partial charge in [0.25, 0.3) is 0 Å². The highest BCUT2D eigenvalue weighted by Gasteiger charge is 2.22. The van der Waals surface area contributed by atoms with E-state index in [1.165, 1.54) is 19.3 Å². The fraction of sp³-hybridized carbons (Fsp3) is 0.917. The van der Waals surface area contributed by atoms with Crippen LogP contribution in [-0.2, 0) is 4.79 Å². The van der Waals surface area contributed by atoms with Gasteiger partial charge in [-0.1, -0.05) is 19.3 Å². The smallest absolute Gasteiger partial charge is 0.141 e. The van der Waals surface area contributed by atoms with Gasteiger partial charge in [-0.05, 0) is 12.8 Å². The lowest BCUT2D eigenvalue weighted by Gasteiger charge is -2.25. The van der Waals surface area contributed by atoms with Gasteiger partial charge in [0.05, 0.1) is 34.1 Å². The molecule has 0 aromatic rings. The van der Waals surface area contributed by atoms with Crippen LogP contribution in [0.1, 0.15) is 38.5 Å². The van der Waals surface area contributed by atoms with Gasteiger partial charge in [0.15, 0.2) is 0 Å². The van der Waals surface area contributed by atoms with E-state index in [4.69, 9.17) is 0 Å².